The van der Waals surface area contributed by atoms with Crippen LogP contribution < -0.4 is 4.72 Å². The van der Waals surface area contributed by atoms with Gasteiger partial charge < -0.3 is 9.64 Å². The van der Waals surface area contributed by atoms with Crippen LogP contribution in [0.15, 0.2) is 47.9 Å². The van der Waals surface area contributed by atoms with Crippen molar-refractivity contribution in [3.63, 3.8) is 0 Å². The van der Waals surface area contributed by atoms with Gasteiger partial charge in [0.25, 0.3) is 0 Å². The zero-order valence-corrected chi connectivity index (χ0v) is 23.8. The van der Waals surface area contributed by atoms with Gasteiger partial charge in [0, 0.05) is 24.7 Å². The van der Waals surface area contributed by atoms with Gasteiger partial charge in [0.1, 0.15) is 10.8 Å². The first-order chi connectivity index (χ1) is 18.3. The Hall–Kier alpha value is -2.51. The van der Waals surface area contributed by atoms with Gasteiger partial charge in [-0.1, -0.05) is 30.7 Å². The van der Waals surface area contributed by atoms with Gasteiger partial charge in [0.15, 0.2) is 0 Å². The Morgan fingerprint density at radius 1 is 1.26 bits per heavy atom. The number of hydrogen-bond acceptors (Lipinski definition) is 7. The molecule has 2 atom stereocenters. The van der Waals surface area contributed by atoms with Crippen molar-refractivity contribution >= 4 is 21.4 Å². The normalized spacial score (nSPS) is 22.1. The molecule has 0 spiro atoms. The molecule has 1 saturated heterocycles. The molecule has 0 saturated carbocycles. The van der Waals surface area contributed by atoms with Crippen molar-refractivity contribution in [2.75, 3.05) is 25.4 Å². The molecule has 2 aromatic rings. The Balaban J connectivity index is 1.28. The van der Waals surface area contributed by atoms with E-state index in [-0.39, 0.29) is 23.8 Å². The van der Waals surface area contributed by atoms with Crippen molar-refractivity contribution < 1.29 is 13.2 Å². The highest BCUT2D eigenvalue weighted by atomic mass is 32.2. The molecule has 1 aromatic carbocycles. The zero-order chi connectivity index (χ0) is 26.7. The van der Waals surface area contributed by atoms with Crippen LogP contribution in [-0.4, -0.2) is 49.8 Å². The van der Waals surface area contributed by atoms with Gasteiger partial charge in [-0.3, -0.25) is 0 Å². The van der Waals surface area contributed by atoms with Crippen LogP contribution in [0, 0.1) is 11.3 Å². The fourth-order valence-corrected chi connectivity index (χ4v) is 7.97. The molecule has 0 bridgehead atoms. The number of hydrogen-bond donors (Lipinski definition) is 1. The van der Waals surface area contributed by atoms with E-state index in [1.54, 1.807) is 11.3 Å². The minimum atomic E-state index is -3.36. The van der Waals surface area contributed by atoms with E-state index in [1.807, 2.05) is 32.2 Å². The van der Waals surface area contributed by atoms with Gasteiger partial charge in [0.05, 0.1) is 28.4 Å². The highest BCUT2D eigenvalue weighted by Crippen LogP contribution is 2.42. The minimum absolute atomic E-state index is 0.0177. The van der Waals surface area contributed by atoms with E-state index in [9.17, 15) is 13.7 Å². The maximum Gasteiger partial charge on any atom is 0.213 e. The predicted molar refractivity (Wildman–Crippen MR) is 151 cm³/mol. The smallest absolute Gasteiger partial charge is 0.213 e. The largest absolute Gasteiger partial charge is 0.490 e. The molecule has 7 nitrogen and oxygen atoms in total. The second-order valence-electron chi connectivity index (χ2n) is 10.7. The topological polar surface area (TPSA) is 95.3 Å². The van der Waals surface area contributed by atoms with E-state index >= 15 is 0 Å². The number of benzene rings is 1. The summed E-state index contributed by atoms with van der Waals surface area (Å²) in [6.45, 7) is 6.51. The fraction of sp³-hybridized carbons (Fsp3) is 0.517. The van der Waals surface area contributed by atoms with E-state index in [0.717, 1.165) is 59.8 Å². The summed E-state index contributed by atoms with van der Waals surface area (Å²) in [4.78, 5) is 8.06. The average molecular weight is 553 g/mol. The lowest BCUT2D eigenvalue weighted by Gasteiger charge is -2.26. The van der Waals surface area contributed by atoms with Crippen LogP contribution in [0.2, 0.25) is 0 Å². The Morgan fingerprint density at radius 3 is 2.84 bits per heavy atom. The molecule has 9 heteroatoms. The number of aromatic nitrogens is 1. The number of piperidine rings is 1. The highest BCUT2D eigenvalue weighted by molar-refractivity contribution is 7.89. The van der Waals surface area contributed by atoms with Crippen molar-refractivity contribution in [1.29, 1.82) is 5.26 Å². The SMILES string of the molecule is CC(C)OC1=C(C#N)CC(c2ncc(-c3cccc4c3CCC4NS(=O)(=O)CCN3CCCCC3)s2)C=C1. The molecule has 1 fully saturated rings. The molecular formula is C29H36N4O3S2. The zero-order valence-electron chi connectivity index (χ0n) is 22.2. The van der Waals surface area contributed by atoms with Crippen LogP contribution >= 0.6 is 11.3 Å². The van der Waals surface area contributed by atoms with Crippen LogP contribution in [0.4, 0.5) is 0 Å². The van der Waals surface area contributed by atoms with Gasteiger partial charge in [-0.05, 0) is 81.8 Å². The number of ether oxygens (including phenoxy) is 1. The third kappa shape index (κ3) is 6.20. The van der Waals surface area contributed by atoms with Gasteiger partial charge >= 0.3 is 0 Å². The number of sulfonamides is 1. The molecule has 2 heterocycles. The van der Waals surface area contributed by atoms with Gasteiger partial charge in [0.2, 0.25) is 10.0 Å². The summed E-state index contributed by atoms with van der Waals surface area (Å²) in [5.41, 5.74) is 4.05. The number of nitrogens with zero attached hydrogens (tertiary/aromatic N) is 3. The maximum absolute atomic E-state index is 12.9. The van der Waals surface area contributed by atoms with Gasteiger partial charge in [-0.25, -0.2) is 18.1 Å². The molecule has 5 rings (SSSR count). The minimum Gasteiger partial charge on any atom is -0.490 e. The van der Waals surface area contributed by atoms with E-state index in [4.69, 9.17) is 9.72 Å². The number of fused-ring (bicyclic) bond motifs is 1. The summed E-state index contributed by atoms with van der Waals surface area (Å²) in [6, 6.07) is 8.29. The molecule has 1 aromatic heterocycles. The molecule has 1 N–H and O–H groups in total. The van der Waals surface area contributed by atoms with Crippen LogP contribution in [0.3, 0.4) is 0 Å². The number of thiazole rings is 1. The summed E-state index contributed by atoms with van der Waals surface area (Å²) in [7, 11) is -3.36. The van der Waals surface area contributed by atoms with Crippen molar-refractivity contribution in [3.8, 4) is 16.5 Å². The van der Waals surface area contributed by atoms with Gasteiger partial charge in [-0.15, -0.1) is 11.3 Å². The van der Waals surface area contributed by atoms with E-state index in [0.29, 0.717) is 24.3 Å². The second-order valence-corrected chi connectivity index (χ2v) is 13.6. The Morgan fingerprint density at radius 2 is 2.08 bits per heavy atom. The molecular weight excluding hydrogens is 516 g/mol. The summed E-state index contributed by atoms with van der Waals surface area (Å²) in [5, 5.41) is 10.6. The monoisotopic (exact) mass is 552 g/mol. The highest BCUT2D eigenvalue weighted by Gasteiger charge is 2.30. The van der Waals surface area contributed by atoms with Crippen LogP contribution in [0.25, 0.3) is 10.4 Å². The molecule has 1 aliphatic heterocycles. The predicted octanol–water partition coefficient (Wildman–Crippen LogP) is 5.45. The fourth-order valence-electron chi connectivity index (χ4n) is 5.63. The Bertz CT molecular complexity index is 1360. The number of nitriles is 1. The van der Waals surface area contributed by atoms with Crippen molar-refractivity contribution in [2.45, 2.75) is 70.4 Å². The van der Waals surface area contributed by atoms with Crippen molar-refractivity contribution in [1.82, 2.24) is 14.6 Å². The first kappa shape index (κ1) is 27.1. The molecule has 38 heavy (non-hydrogen) atoms. The summed E-state index contributed by atoms with van der Waals surface area (Å²) in [5.74, 6) is 0.842. The Kier molecular flexibility index (Phi) is 8.34. The molecule has 2 aliphatic carbocycles. The van der Waals surface area contributed by atoms with Crippen LogP contribution in [0.1, 0.15) is 74.0 Å². The summed E-state index contributed by atoms with van der Waals surface area (Å²) >= 11 is 1.65. The van der Waals surface area contributed by atoms with Crippen LogP contribution in [0.5, 0.6) is 0 Å². The Labute approximate surface area is 230 Å². The number of nitrogens with one attached hydrogen (secondary N) is 1. The molecule has 0 amide bonds. The first-order valence-electron chi connectivity index (χ1n) is 13.6. The lowest BCUT2D eigenvalue weighted by molar-refractivity contribution is 0.154. The third-order valence-electron chi connectivity index (χ3n) is 7.52. The second kappa shape index (κ2) is 11.7. The molecule has 202 valence electrons. The lowest BCUT2D eigenvalue weighted by atomic mass is 9.94. The average Bonchev–Trinajstić information content (AvgIpc) is 3.56. The van der Waals surface area contributed by atoms with Gasteiger partial charge in [-0.2, -0.15) is 5.26 Å². The number of allylic oxidation sites excluding steroid dienone is 3. The first-order valence-corrected chi connectivity index (χ1v) is 16.1. The van der Waals surface area contributed by atoms with E-state index < -0.39 is 10.0 Å². The molecule has 0 radical (unpaired) electrons. The van der Waals surface area contributed by atoms with E-state index in [2.05, 4.69) is 33.9 Å². The number of rotatable bonds is 9. The third-order valence-corrected chi connectivity index (χ3v) is 10.0. The van der Waals surface area contributed by atoms with E-state index in [1.165, 1.54) is 12.0 Å². The summed E-state index contributed by atoms with van der Waals surface area (Å²) in [6.07, 6.45) is 11.6. The quantitative estimate of drug-likeness (QED) is 0.445. The van der Waals surface area contributed by atoms with Crippen molar-refractivity contribution in [2.24, 2.45) is 0 Å². The van der Waals surface area contributed by atoms with Crippen molar-refractivity contribution in [3.05, 3.63) is 64.0 Å². The standard InChI is InChI=1S/C29H36N4O3S2/c1-20(2)36-27-12-9-21(17-22(27)18-30)29-31-19-28(37-29)25-8-6-7-24-23(25)10-11-26(24)32-38(34,35)16-15-33-13-4-3-5-14-33/h6-9,12,19-21,26,32H,3-5,10-11,13-17H2,1-2H3. The summed E-state index contributed by atoms with van der Waals surface area (Å²) < 4.78 is 34.6. The number of likely N-dealkylation sites (tertiary alicyclic amines) is 1. The van der Waals surface area contributed by atoms with Crippen LogP contribution in [-0.2, 0) is 21.2 Å². The lowest BCUT2D eigenvalue weighted by Crippen LogP contribution is -2.38. The maximum atomic E-state index is 12.9. The molecule has 2 unspecified atom stereocenters. The molecule has 3 aliphatic rings.